The van der Waals surface area contributed by atoms with Crippen LogP contribution in [0.3, 0.4) is 0 Å². The fourth-order valence-electron chi connectivity index (χ4n) is 3.51. The molecule has 0 spiro atoms. The molecule has 1 aromatic heterocycles. The van der Waals surface area contributed by atoms with Gasteiger partial charge in [0.2, 0.25) is 6.41 Å². The number of amides is 1. The maximum Gasteiger partial charge on any atom is 0.210 e. The molecule has 0 bridgehead atoms. The predicted molar refractivity (Wildman–Crippen MR) is 86.3 cm³/mol. The van der Waals surface area contributed by atoms with Crippen LogP contribution >= 0.6 is 11.8 Å². The van der Waals surface area contributed by atoms with Crippen molar-refractivity contribution in [2.75, 3.05) is 6.54 Å². The first kappa shape index (κ1) is 14.9. The Hall–Kier alpha value is -1.03. The lowest BCUT2D eigenvalue weighted by molar-refractivity contribution is -0.121. The van der Waals surface area contributed by atoms with Gasteiger partial charge in [0, 0.05) is 23.6 Å². The summed E-state index contributed by atoms with van der Waals surface area (Å²) in [6.45, 7) is 0.886. The molecule has 3 rings (SSSR count). The Labute approximate surface area is 131 Å². The van der Waals surface area contributed by atoms with Crippen LogP contribution in [-0.4, -0.2) is 28.1 Å². The van der Waals surface area contributed by atoms with E-state index in [0.29, 0.717) is 5.25 Å². The van der Waals surface area contributed by atoms with Crippen molar-refractivity contribution in [2.45, 2.75) is 67.7 Å². The number of carbonyl (C=O) groups is 1. The van der Waals surface area contributed by atoms with Gasteiger partial charge in [-0.3, -0.25) is 4.79 Å². The summed E-state index contributed by atoms with van der Waals surface area (Å²) in [5.74, 6) is 0. The second-order valence-corrected chi connectivity index (χ2v) is 7.42. The van der Waals surface area contributed by atoms with Crippen LogP contribution in [0.1, 0.15) is 63.0 Å². The van der Waals surface area contributed by atoms with Crippen molar-refractivity contribution < 1.29 is 4.79 Å². The van der Waals surface area contributed by atoms with E-state index in [9.17, 15) is 4.79 Å². The summed E-state index contributed by atoms with van der Waals surface area (Å²) < 4.78 is 0. The quantitative estimate of drug-likeness (QED) is 0.782. The van der Waals surface area contributed by atoms with Gasteiger partial charge in [0.15, 0.2) is 0 Å². The molecule has 1 saturated carbocycles. The topological polar surface area (TPSA) is 33.2 Å². The van der Waals surface area contributed by atoms with Crippen LogP contribution < -0.4 is 0 Å². The summed E-state index contributed by atoms with van der Waals surface area (Å²) in [4.78, 5) is 17.9. The summed E-state index contributed by atoms with van der Waals surface area (Å²) in [5, 5.41) is 1.86. The highest BCUT2D eigenvalue weighted by molar-refractivity contribution is 7.99. The Bertz CT molecular complexity index is 474. The minimum absolute atomic E-state index is 0.232. The van der Waals surface area contributed by atoms with E-state index in [-0.39, 0.29) is 6.04 Å². The number of hydrogen-bond acceptors (Lipinski definition) is 3. The fraction of sp³-hybridized carbons (Fsp3) is 0.647. The van der Waals surface area contributed by atoms with Crippen molar-refractivity contribution in [3.05, 3.63) is 23.9 Å². The monoisotopic (exact) mass is 304 g/mol. The number of carbonyl (C=O) groups excluding carboxylic acids is 1. The van der Waals surface area contributed by atoms with Gasteiger partial charge in [-0.1, -0.05) is 25.3 Å². The van der Waals surface area contributed by atoms with Gasteiger partial charge in [-0.2, -0.15) is 0 Å². The van der Waals surface area contributed by atoms with Crippen molar-refractivity contribution in [2.24, 2.45) is 0 Å². The molecule has 1 aliphatic heterocycles. The van der Waals surface area contributed by atoms with Gasteiger partial charge in [0.05, 0.1) is 6.04 Å². The summed E-state index contributed by atoms with van der Waals surface area (Å²) in [6, 6.07) is 4.42. The molecule has 1 saturated heterocycles. The van der Waals surface area contributed by atoms with Crippen molar-refractivity contribution in [3.63, 3.8) is 0 Å². The van der Waals surface area contributed by atoms with Crippen LogP contribution in [0.15, 0.2) is 23.4 Å². The lowest BCUT2D eigenvalue weighted by Gasteiger charge is -2.34. The molecule has 0 radical (unpaired) electrons. The molecular formula is C17H24N2OS. The van der Waals surface area contributed by atoms with Gasteiger partial charge >= 0.3 is 0 Å². The number of aromatic nitrogens is 1. The zero-order chi connectivity index (χ0) is 14.5. The second kappa shape index (κ2) is 7.30. The first-order chi connectivity index (χ1) is 10.4. The second-order valence-electron chi connectivity index (χ2n) is 6.13. The van der Waals surface area contributed by atoms with Crippen LogP contribution in [0.4, 0.5) is 0 Å². The first-order valence-electron chi connectivity index (χ1n) is 8.21. The molecule has 1 aromatic rings. The highest BCUT2D eigenvalue weighted by atomic mass is 32.2. The Morgan fingerprint density at radius 2 is 1.95 bits per heavy atom. The van der Waals surface area contributed by atoms with Crippen molar-refractivity contribution in [1.29, 1.82) is 0 Å². The normalized spacial score (nSPS) is 24.0. The number of piperidine rings is 1. The Kier molecular flexibility index (Phi) is 5.17. The van der Waals surface area contributed by atoms with Gasteiger partial charge < -0.3 is 4.90 Å². The number of hydrogen-bond donors (Lipinski definition) is 0. The van der Waals surface area contributed by atoms with E-state index in [4.69, 9.17) is 0 Å². The highest BCUT2D eigenvalue weighted by Crippen LogP contribution is 2.39. The SMILES string of the molecule is O=CN1CCCCC1c1cccnc1SC1CCCCC1. The average Bonchev–Trinajstić information content (AvgIpc) is 2.56. The number of pyridine rings is 1. The summed E-state index contributed by atoms with van der Waals surface area (Å²) in [6.07, 6.45) is 13.0. The number of rotatable bonds is 4. The third-order valence-electron chi connectivity index (χ3n) is 4.67. The maximum absolute atomic E-state index is 11.3. The van der Waals surface area contributed by atoms with Crippen molar-refractivity contribution >= 4 is 18.2 Å². The van der Waals surface area contributed by atoms with E-state index < -0.39 is 0 Å². The number of thioether (sulfide) groups is 1. The van der Waals surface area contributed by atoms with Crippen LogP contribution in [0.25, 0.3) is 0 Å². The van der Waals surface area contributed by atoms with E-state index in [1.807, 2.05) is 28.9 Å². The molecule has 1 unspecified atom stereocenters. The Morgan fingerprint density at radius 1 is 1.14 bits per heavy atom. The summed E-state index contributed by atoms with van der Waals surface area (Å²) in [5.41, 5.74) is 1.26. The zero-order valence-electron chi connectivity index (χ0n) is 12.5. The summed E-state index contributed by atoms with van der Waals surface area (Å²) in [7, 11) is 0. The molecule has 0 aromatic carbocycles. The number of likely N-dealkylation sites (tertiary alicyclic amines) is 1. The molecule has 2 fully saturated rings. The molecule has 1 amide bonds. The van der Waals surface area contributed by atoms with Crippen LogP contribution in [0, 0.1) is 0 Å². The molecule has 3 nitrogen and oxygen atoms in total. The van der Waals surface area contributed by atoms with Crippen LogP contribution in [0.5, 0.6) is 0 Å². The molecule has 4 heteroatoms. The van der Waals surface area contributed by atoms with Gasteiger partial charge in [-0.05, 0) is 38.2 Å². The molecule has 114 valence electrons. The van der Waals surface area contributed by atoms with E-state index in [2.05, 4.69) is 11.1 Å². The minimum Gasteiger partial charge on any atom is -0.338 e. The van der Waals surface area contributed by atoms with E-state index in [0.717, 1.165) is 30.8 Å². The van der Waals surface area contributed by atoms with Crippen LogP contribution in [0.2, 0.25) is 0 Å². The van der Waals surface area contributed by atoms with E-state index >= 15 is 0 Å². The third kappa shape index (κ3) is 3.60. The molecule has 21 heavy (non-hydrogen) atoms. The molecule has 2 aliphatic rings. The highest BCUT2D eigenvalue weighted by Gasteiger charge is 2.26. The van der Waals surface area contributed by atoms with Gasteiger partial charge in [-0.15, -0.1) is 11.8 Å². The number of nitrogens with zero attached hydrogens (tertiary/aromatic N) is 2. The summed E-state index contributed by atoms with van der Waals surface area (Å²) >= 11 is 1.94. The predicted octanol–water partition coefficient (Wildman–Crippen LogP) is 4.19. The van der Waals surface area contributed by atoms with Crippen LogP contribution in [-0.2, 0) is 4.79 Å². The lowest BCUT2D eigenvalue weighted by atomic mass is 9.97. The van der Waals surface area contributed by atoms with Gasteiger partial charge in [-0.25, -0.2) is 4.98 Å². The first-order valence-corrected chi connectivity index (χ1v) is 9.09. The lowest BCUT2D eigenvalue weighted by Crippen LogP contribution is -2.32. The Balaban J connectivity index is 1.79. The average molecular weight is 304 g/mol. The fourth-order valence-corrected chi connectivity index (χ4v) is 4.86. The molecular weight excluding hydrogens is 280 g/mol. The van der Waals surface area contributed by atoms with Gasteiger partial charge in [0.1, 0.15) is 5.03 Å². The van der Waals surface area contributed by atoms with Gasteiger partial charge in [0.25, 0.3) is 0 Å². The van der Waals surface area contributed by atoms with Crippen molar-refractivity contribution in [1.82, 2.24) is 9.88 Å². The zero-order valence-corrected chi connectivity index (χ0v) is 13.4. The standard InChI is InChI=1S/C17H24N2OS/c20-13-19-12-5-4-10-16(19)15-9-6-11-18-17(15)21-14-7-2-1-3-8-14/h6,9,11,13-14,16H,1-5,7-8,10,12H2. The molecule has 2 heterocycles. The largest absolute Gasteiger partial charge is 0.338 e. The molecule has 1 aliphatic carbocycles. The van der Waals surface area contributed by atoms with Crippen molar-refractivity contribution in [3.8, 4) is 0 Å². The smallest absolute Gasteiger partial charge is 0.210 e. The maximum atomic E-state index is 11.3. The molecule has 1 atom stereocenters. The van der Waals surface area contributed by atoms with E-state index in [1.54, 1.807) is 0 Å². The Morgan fingerprint density at radius 3 is 2.76 bits per heavy atom. The molecule has 0 N–H and O–H groups in total. The van der Waals surface area contributed by atoms with E-state index in [1.165, 1.54) is 44.1 Å². The minimum atomic E-state index is 0.232. The third-order valence-corrected chi connectivity index (χ3v) is 6.04.